The molecule has 1 fully saturated rings. The normalized spacial score (nSPS) is 15.6. The molecule has 1 saturated heterocycles. The minimum absolute atomic E-state index is 0.0837. The van der Waals surface area contributed by atoms with Gasteiger partial charge in [0.15, 0.2) is 0 Å². The van der Waals surface area contributed by atoms with Crippen LogP contribution in [0.2, 0.25) is 0 Å². The summed E-state index contributed by atoms with van der Waals surface area (Å²) in [6.07, 6.45) is 0. The van der Waals surface area contributed by atoms with Crippen molar-refractivity contribution in [2.75, 3.05) is 58.9 Å². The third kappa shape index (κ3) is 4.87. The molecule has 3 rings (SSSR count). The molecular formula is C22H29N3O2. The summed E-state index contributed by atoms with van der Waals surface area (Å²) in [5, 5.41) is 0. The van der Waals surface area contributed by atoms with Crippen molar-refractivity contribution in [2.24, 2.45) is 0 Å². The molecular weight excluding hydrogens is 338 g/mol. The van der Waals surface area contributed by atoms with E-state index in [-0.39, 0.29) is 11.9 Å². The number of nitrogens with zero attached hydrogens (tertiary/aromatic N) is 3. The topological polar surface area (TPSA) is 36.0 Å². The molecule has 0 spiro atoms. The van der Waals surface area contributed by atoms with Gasteiger partial charge in [-0.05, 0) is 43.9 Å². The minimum Gasteiger partial charge on any atom is -0.378 e. The van der Waals surface area contributed by atoms with Gasteiger partial charge in [-0.2, -0.15) is 0 Å². The van der Waals surface area contributed by atoms with Crippen molar-refractivity contribution in [1.82, 2.24) is 9.80 Å². The molecule has 5 heteroatoms. The van der Waals surface area contributed by atoms with Crippen LogP contribution in [0, 0.1) is 0 Å². The maximum Gasteiger partial charge on any atom is 0.254 e. The fourth-order valence-electron chi connectivity index (χ4n) is 3.44. The Morgan fingerprint density at radius 1 is 1.00 bits per heavy atom. The van der Waals surface area contributed by atoms with Crippen LogP contribution in [0.5, 0.6) is 0 Å². The van der Waals surface area contributed by atoms with Crippen LogP contribution in [0.15, 0.2) is 54.6 Å². The molecule has 5 nitrogen and oxygen atoms in total. The molecule has 0 aromatic heterocycles. The SMILES string of the molecule is CN(C)C[C@H](c1ccccc1)N(C)c1ccc(C(=O)N2CCOCC2)cc1. The van der Waals surface area contributed by atoms with E-state index in [1.54, 1.807) is 0 Å². The third-order valence-electron chi connectivity index (χ3n) is 5.01. The standard InChI is InChI=1S/C22H29N3O2/c1-23(2)17-21(18-7-5-4-6-8-18)24(3)20-11-9-19(10-12-20)22(26)25-13-15-27-16-14-25/h4-12,21H,13-17H2,1-3H3/t21-/m1/s1. The molecule has 144 valence electrons. The molecule has 1 aliphatic rings. The average molecular weight is 367 g/mol. The molecule has 2 aromatic rings. The third-order valence-corrected chi connectivity index (χ3v) is 5.01. The summed E-state index contributed by atoms with van der Waals surface area (Å²) < 4.78 is 5.33. The second kappa shape index (κ2) is 9.02. The van der Waals surface area contributed by atoms with Crippen molar-refractivity contribution < 1.29 is 9.53 Å². The number of morpholine rings is 1. The van der Waals surface area contributed by atoms with Gasteiger partial charge in [0.05, 0.1) is 19.3 Å². The van der Waals surface area contributed by atoms with Gasteiger partial charge in [-0.1, -0.05) is 30.3 Å². The zero-order chi connectivity index (χ0) is 19.2. The summed E-state index contributed by atoms with van der Waals surface area (Å²) >= 11 is 0. The average Bonchev–Trinajstić information content (AvgIpc) is 2.72. The highest BCUT2D eigenvalue weighted by Gasteiger charge is 2.21. The number of carbonyl (C=O) groups excluding carboxylic acids is 1. The first-order valence-electron chi connectivity index (χ1n) is 9.46. The summed E-state index contributed by atoms with van der Waals surface area (Å²) in [6.45, 7) is 3.49. The highest BCUT2D eigenvalue weighted by Crippen LogP contribution is 2.26. The number of hydrogen-bond donors (Lipinski definition) is 0. The van der Waals surface area contributed by atoms with E-state index in [2.05, 4.69) is 55.2 Å². The van der Waals surface area contributed by atoms with Crippen LogP contribution in [-0.2, 0) is 4.74 Å². The number of likely N-dealkylation sites (N-methyl/N-ethyl adjacent to an activating group) is 2. The Hall–Kier alpha value is -2.37. The Bertz CT molecular complexity index is 725. The lowest BCUT2D eigenvalue weighted by atomic mass is 10.0. The van der Waals surface area contributed by atoms with Gasteiger partial charge in [-0.3, -0.25) is 4.79 Å². The summed E-state index contributed by atoms with van der Waals surface area (Å²) in [4.78, 5) is 19.0. The molecule has 0 radical (unpaired) electrons. The van der Waals surface area contributed by atoms with Crippen molar-refractivity contribution in [3.63, 3.8) is 0 Å². The molecule has 0 saturated carbocycles. The smallest absolute Gasteiger partial charge is 0.254 e. The first-order valence-corrected chi connectivity index (χ1v) is 9.46. The number of rotatable bonds is 6. The van der Waals surface area contributed by atoms with E-state index in [1.807, 2.05) is 35.2 Å². The molecule has 1 atom stereocenters. The molecule has 1 amide bonds. The second-order valence-corrected chi connectivity index (χ2v) is 7.25. The van der Waals surface area contributed by atoms with Crippen molar-refractivity contribution >= 4 is 11.6 Å². The van der Waals surface area contributed by atoms with Gasteiger partial charge in [0, 0.05) is 37.9 Å². The highest BCUT2D eigenvalue weighted by atomic mass is 16.5. The monoisotopic (exact) mass is 367 g/mol. The number of benzene rings is 2. The maximum absolute atomic E-state index is 12.6. The van der Waals surface area contributed by atoms with Crippen LogP contribution in [0.1, 0.15) is 22.0 Å². The summed E-state index contributed by atoms with van der Waals surface area (Å²) in [6, 6.07) is 18.7. The lowest BCUT2D eigenvalue weighted by molar-refractivity contribution is 0.0303. The Morgan fingerprint density at radius 2 is 1.63 bits per heavy atom. The van der Waals surface area contributed by atoms with Crippen LogP contribution < -0.4 is 4.90 Å². The first kappa shape index (κ1) is 19.4. The van der Waals surface area contributed by atoms with Crippen molar-refractivity contribution in [3.05, 3.63) is 65.7 Å². The summed E-state index contributed by atoms with van der Waals surface area (Å²) in [5.41, 5.74) is 3.12. The first-order chi connectivity index (χ1) is 13.1. The molecule has 0 bridgehead atoms. The molecule has 0 unspecified atom stereocenters. The Morgan fingerprint density at radius 3 is 2.22 bits per heavy atom. The van der Waals surface area contributed by atoms with Crippen molar-refractivity contribution in [2.45, 2.75) is 6.04 Å². The van der Waals surface area contributed by atoms with Gasteiger partial charge in [0.2, 0.25) is 0 Å². The van der Waals surface area contributed by atoms with Gasteiger partial charge >= 0.3 is 0 Å². The van der Waals surface area contributed by atoms with Crippen LogP contribution in [0.3, 0.4) is 0 Å². The van der Waals surface area contributed by atoms with Gasteiger partial charge in [-0.15, -0.1) is 0 Å². The lowest BCUT2D eigenvalue weighted by Crippen LogP contribution is -2.40. The van der Waals surface area contributed by atoms with E-state index in [0.717, 1.165) is 17.8 Å². The van der Waals surface area contributed by atoms with Crippen LogP contribution >= 0.6 is 0 Å². The van der Waals surface area contributed by atoms with Crippen molar-refractivity contribution in [3.8, 4) is 0 Å². The predicted molar refractivity (Wildman–Crippen MR) is 109 cm³/mol. The molecule has 0 aliphatic carbocycles. The zero-order valence-corrected chi connectivity index (χ0v) is 16.5. The van der Waals surface area contributed by atoms with E-state index in [0.29, 0.717) is 26.3 Å². The van der Waals surface area contributed by atoms with E-state index in [9.17, 15) is 4.79 Å². The largest absolute Gasteiger partial charge is 0.378 e. The molecule has 0 N–H and O–H groups in total. The number of ether oxygens (including phenoxy) is 1. The quantitative estimate of drug-likeness (QED) is 0.787. The molecule has 27 heavy (non-hydrogen) atoms. The fraction of sp³-hybridized carbons (Fsp3) is 0.409. The number of carbonyl (C=O) groups is 1. The van der Waals surface area contributed by atoms with E-state index in [1.165, 1.54) is 5.56 Å². The molecule has 1 aliphatic heterocycles. The molecule has 1 heterocycles. The highest BCUT2D eigenvalue weighted by molar-refractivity contribution is 5.94. The molecule has 2 aromatic carbocycles. The Kier molecular flexibility index (Phi) is 6.48. The Balaban J connectivity index is 1.76. The Labute approximate surface area is 162 Å². The number of anilines is 1. The second-order valence-electron chi connectivity index (χ2n) is 7.25. The van der Waals surface area contributed by atoms with Crippen LogP contribution in [-0.4, -0.2) is 69.7 Å². The van der Waals surface area contributed by atoms with E-state index >= 15 is 0 Å². The van der Waals surface area contributed by atoms with Crippen LogP contribution in [0.4, 0.5) is 5.69 Å². The van der Waals surface area contributed by atoms with E-state index < -0.39 is 0 Å². The lowest BCUT2D eigenvalue weighted by Gasteiger charge is -2.33. The van der Waals surface area contributed by atoms with Gasteiger partial charge in [0.1, 0.15) is 0 Å². The predicted octanol–water partition coefficient (Wildman–Crippen LogP) is 2.90. The minimum atomic E-state index is 0.0837. The number of amides is 1. The zero-order valence-electron chi connectivity index (χ0n) is 16.5. The fourth-order valence-corrected chi connectivity index (χ4v) is 3.44. The van der Waals surface area contributed by atoms with Crippen LogP contribution in [0.25, 0.3) is 0 Å². The van der Waals surface area contributed by atoms with Crippen molar-refractivity contribution in [1.29, 1.82) is 0 Å². The number of hydrogen-bond acceptors (Lipinski definition) is 4. The van der Waals surface area contributed by atoms with Gasteiger partial charge < -0.3 is 19.4 Å². The van der Waals surface area contributed by atoms with Gasteiger partial charge in [0.25, 0.3) is 5.91 Å². The van der Waals surface area contributed by atoms with E-state index in [4.69, 9.17) is 4.74 Å². The van der Waals surface area contributed by atoms with Gasteiger partial charge in [-0.25, -0.2) is 0 Å². The summed E-state index contributed by atoms with van der Waals surface area (Å²) in [5.74, 6) is 0.0837. The summed E-state index contributed by atoms with van der Waals surface area (Å²) in [7, 11) is 6.29. The maximum atomic E-state index is 12.6.